The zero-order valence-corrected chi connectivity index (χ0v) is 16.8. The highest BCUT2D eigenvalue weighted by Crippen LogP contribution is 2.22. The number of benzene rings is 1. The number of guanidine groups is 1. The predicted octanol–water partition coefficient (Wildman–Crippen LogP) is 3.38. The third-order valence-electron chi connectivity index (χ3n) is 3.92. The van der Waals surface area contributed by atoms with Crippen LogP contribution in [0.15, 0.2) is 46.2 Å². The fraction of sp³-hybridized carbons (Fsp3) is 0.333. The second-order valence-corrected chi connectivity index (χ2v) is 5.67. The summed E-state index contributed by atoms with van der Waals surface area (Å²) in [6.07, 6.45) is 4.59. The number of halogens is 1. The molecule has 0 amide bonds. The number of fused-ring (bicyclic) bond motifs is 1. The molecule has 2 heterocycles. The third-order valence-corrected chi connectivity index (χ3v) is 3.92. The number of aromatic nitrogens is 2. The summed E-state index contributed by atoms with van der Waals surface area (Å²) in [6, 6.07) is 8.16. The molecule has 0 saturated heterocycles. The van der Waals surface area contributed by atoms with Crippen LogP contribution in [0.5, 0.6) is 0 Å². The van der Waals surface area contributed by atoms with Crippen LogP contribution >= 0.6 is 24.0 Å². The summed E-state index contributed by atoms with van der Waals surface area (Å²) >= 11 is 0. The van der Waals surface area contributed by atoms with E-state index in [0.717, 1.165) is 31.2 Å². The van der Waals surface area contributed by atoms with Gasteiger partial charge in [-0.1, -0.05) is 17.3 Å². The average molecular weight is 453 g/mol. The monoisotopic (exact) mass is 453 g/mol. The van der Waals surface area contributed by atoms with Crippen molar-refractivity contribution in [2.75, 3.05) is 13.1 Å². The number of hydrogen-bond acceptors (Lipinski definition) is 3. The molecule has 0 saturated carbocycles. The van der Waals surface area contributed by atoms with E-state index in [9.17, 15) is 0 Å². The number of hydrogen-bond donors (Lipinski definition) is 3. The number of H-pyrrole nitrogens is 1. The van der Waals surface area contributed by atoms with Crippen LogP contribution in [0.4, 0.5) is 0 Å². The van der Waals surface area contributed by atoms with E-state index in [4.69, 9.17) is 4.52 Å². The predicted molar refractivity (Wildman–Crippen MR) is 111 cm³/mol. The summed E-state index contributed by atoms with van der Waals surface area (Å²) in [5, 5.41) is 11.8. The normalized spacial score (nSPS) is 11.4. The van der Waals surface area contributed by atoms with Crippen LogP contribution in [0.3, 0.4) is 0 Å². The summed E-state index contributed by atoms with van der Waals surface area (Å²) in [7, 11) is 0. The molecular formula is C18H24IN5O. The number of aromatic amines is 1. The molecule has 6 nitrogen and oxygen atoms in total. The zero-order chi connectivity index (χ0) is 16.8. The van der Waals surface area contributed by atoms with E-state index in [1.807, 2.05) is 6.07 Å². The highest BCUT2D eigenvalue weighted by Gasteiger charge is 2.06. The molecule has 0 atom stereocenters. The van der Waals surface area contributed by atoms with E-state index < -0.39 is 0 Å². The Bertz CT molecular complexity index is 810. The largest absolute Gasteiger partial charge is 0.364 e. The lowest BCUT2D eigenvalue weighted by Gasteiger charge is -2.11. The first kappa shape index (κ1) is 19.3. The molecule has 0 bridgehead atoms. The number of nitrogens with one attached hydrogen (secondary N) is 3. The molecule has 0 aliphatic heterocycles. The van der Waals surface area contributed by atoms with Gasteiger partial charge in [-0.15, -0.1) is 24.0 Å². The van der Waals surface area contributed by atoms with E-state index >= 15 is 0 Å². The molecule has 134 valence electrons. The van der Waals surface area contributed by atoms with Crippen molar-refractivity contribution in [2.24, 2.45) is 4.99 Å². The Kier molecular flexibility index (Phi) is 7.30. The van der Waals surface area contributed by atoms with Gasteiger partial charge in [-0.3, -0.25) is 0 Å². The fourth-order valence-corrected chi connectivity index (χ4v) is 2.78. The van der Waals surface area contributed by atoms with Crippen molar-refractivity contribution in [2.45, 2.75) is 26.8 Å². The molecule has 25 heavy (non-hydrogen) atoms. The van der Waals surface area contributed by atoms with Gasteiger partial charge in [0.1, 0.15) is 12.0 Å². The minimum absolute atomic E-state index is 0. The first-order valence-electron chi connectivity index (χ1n) is 8.25. The van der Waals surface area contributed by atoms with Crippen LogP contribution in [0.25, 0.3) is 10.9 Å². The molecule has 3 rings (SSSR count). The lowest BCUT2D eigenvalue weighted by Crippen LogP contribution is -2.38. The van der Waals surface area contributed by atoms with Crippen LogP contribution in [0.2, 0.25) is 0 Å². The molecule has 1 aromatic carbocycles. The SMILES string of the molecule is CCNC(=NCc1ccon1)NCCc1c[nH]c2cccc(C)c12.I. The third kappa shape index (κ3) is 4.97. The molecular weight excluding hydrogens is 429 g/mol. The van der Waals surface area contributed by atoms with Gasteiger partial charge in [-0.05, 0) is 37.5 Å². The molecule has 3 N–H and O–H groups in total. The van der Waals surface area contributed by atoms with Crippen molar-refractivity contribution < 1.29 is 4.52 Å². The van der Waals surface area contributed by atoms with Crippen LogP contribution in [-0.4, -0.2) is 29.2 Å². The molecule has 0 radical (unpaired) electrons. The standard InChI is InChI=1S/C18H23N5O.HI/c1-3-19-18(22-12-15-8-10-24-23-15)20-9-7-14-11-21-16-6-4-5-13(2)17(14)16;/h4-6,8,10-11,21H,3,7,9,12H2,1-2H3,(H2,19,20,22);1H. The molecule has 0 unspecified atom stereocenters. The summed E-state index contributed by atoms with van der Waals surface area (Å²) in [5.74, 6) is 0.789. The number of rotatable bonds is 6. The maximum atomic E-state index is 4.83. The van der Waals surface area contributed by atoms with E-state index in [0.29, 0.717) is 6.54 Å². The summed E-state index contributed by atoms with van der Waals surface area (Å²) in [6.45, 7) is 6.33. The topological polar surface area (TPSA) is 78.2 Å². The number of aliphatic imine (C=N–C) groups is 1. The van der Waals surface area contributed by atoms with Gasteiger partial charge in [0.2, 0.25) is 0 Å². The quantitative estimate of drug-likeness (QED) is 0.304. The van der Waals surface area contributed by atoms with E-state index in [1.54, 1.807) is 6.26 Å². The van der Waals surface area contributed by atoms with Crippen molar-refractivity contribution in [1.82, 2.24) is 20.8 Å². The van der Waals surface area contributed by atoms with Crippen molar-refractivity contribution in [3.8, 4) is 0 Å². The van der Waals surface area contributed by atoms with Crippen LogP contribution in [0, 0.1) is 6.92 Å². The van der Waals surface area contributed by atoms with Gasteiger partial charge in [-0.25, -0.2) is 4.99 Å². The van der Waals surface area contributed by atoms with Gasteiger partial charge in [-0.2, -0.15) is 0 Å². The van der Waals surface area contributed by atoms with Crippen molar-refractivity contribution in [3.05, 3.63) is 53.5 Å². The summed E-state index contributed by atoms with van der Waals surface area (Å²) in [5.41, 5.74) is 4.63. The minimum Gasteiger partial charge on any atom is -0.364 e. The molecule has 7 heteroatoms. The highest BCUT2D eigenvalue weighted by molar-refractivity contribution is 14.0. The Morgan fingerprint density at radius 3 is 2.92 bits per heavy atom. The minimum atomic E-state index is 0. The molecule has 0 fully saturated rings. The lowest BCUT2D eigenvalue weighted by molar-refractivity contribution is 0.412. The molecule has 0 aliphatic carbocycles. The Balaban J connectivity index is 0.00000225. The number of nitrogens with zero attached hydrogens (tertiary/aromatic N) is 2. The van der Waals surface area contributed by atoms with E-state index in [-0.39, 0.29) is 24.0 Å². The van der Waals surface area contributed by atoms with Gasteiger partial charge in [0.15, 0.2) is 5.96 Å². The van der Waals surface area contributed by atoms with Gasteiger partial charge >= 0.3 is 0 Å². The maximum Gasteiger partial charge on any atom is 0.191 e. The second-order valence-electron chi connectivity index (χ2n) is 5.67. The van der Waals surface area contributed by atoms with Crippen LogP contribution in [0.1, 0.15) is 23.7 Å². The molecule has 0 aliphatic rings. The second kappa shape index (κ2) is 9.45. The van der Waals surface area contributed by atoms with Crippen molar-refractivity contribution >= 4 is 40.8 Å². The maximum absolute atomic E-state index is 4.83. The average Bonchev–Trinajstić information content (AvgIpc) is 3.23. The van der Waals surface area contributed by atoms with Gasteiger partial charge in [0, 0.05) is 36.3 Å². The van der Waals surface area contributed by atoms with E-state index in [1.165, 1.54) is 22.0 Å². The summed E-state index contributed by atoms with van der Waals surface area (Å²) < 4.78 is 4.83. The Morgan fingerprint density at radius 2 is 2.16 bits per heavy atom. The Morgan fingerprint density at radius 1 is 1.28 bits per heavy atom. The van der Waals surface area contributed by atoms with Crippen LogP contribution in [-0.2, 0) is 13.0 Å². The lowest BCUT2D eigenvalue weighted by atomic mass is 10.1. The molecule has 0 spiro atoms. The van der Waals surface area contributed by atoms with Crippen LogP contribution < -0.4 is 10.6 Å². The van der Waals surface area contributed by atoms with Crippen molar-refractivity contribution in [1.29, 1.82) is 0 Å². The van der Waals surface area contributed by atoms with E-state index in [2.05, 4.69) is 64.0 Å². The first-order chi connectivity index (χ1) is 11.8. The Hall–Kier alpha value is -2.03. The first-order valence-corrected chi connectivity index (χ1v) is 8.25. The molecule has 2 aromatic heterocycles. The van der Waals surface area contributed by atoms with Gasteiger partial charge in [0.25, 0.3) is 0 Å². The summed E-state index contributed by atoms with van der Waals surface area (Å²) in [4.78, 5) is 7.86. The smallest absolute Gasteiger partial charge is 0.191 e. The fourth-order valence-electron chi connectivity index (χ4n) is 2.78. The van der Waals surface area contributed by atoms with Gasteiger partial charge < -0.3 is 20.1 Å². The van der Waals surface area contributed by atoms with Gasteiger partial charge in [0.05, 0.1) is 6.54 Å². The highest BCUT2D eigenvalue weighted by atomic mass is 127. The van der Waals surface area contributed by atoms with Crippen molar-refractivity contribution in [3.63, 3.8) is 0 Å². The number of aryl methyl sites for hydroxylation is 1. The molecule has 3 aromatic rings. The Labute approximate surface area is 164 Å². The zero-order valence-electron chi connectivity index (χ0n) is 14.5.